The van der Waals surface area contributed by atoms with E-state index in [1.54, 1.807) is 6.07 Å². The van der Waals surface area contributed by atoms with E-state index >= 15 is 0 Å². The van der Waals surface area contributed by atoms with Gasteiger partial charge in [-0.25, -0.2) is 4.39 Å². The molecular formula is C15H8ClFN2O. The molecule has 0 heterocycles. The Morgan fingerprint density at radius 2 is 1.75 bits per heavy atom. The zero-order valence-corrected chi connectivity index (χ0v) is 11.0. The lowest BCUT2D eigenvalue weighted by Crippen LogP contribution is -2.00. The number of nitriles is 2. The Morgan fingerprint density at radius 3 is 2.45 bits per heavy atom. The second-order valence-electron chi connectivity index (χ2n) is 3.95. The van der Waals surface area contributed by atoms with E-state index in [4.69, 9.17) is 26.9 Å². The highest BCUT2D eigenvalue weighted by molar-refractivity contribution is 6.30. The predicted molar refractivity (Wildman–Crippen MR) is 71.6 cm³/mol. The van der Waals surface area contributed by atoms with E-state index in [1.807, 2.05) is 12.1 Å². The van der Waals surface area contributed by atoms with Crippen molar-refractivity contribution in [1.82, 2.24) is 0 Å². The highest BCUT2D eigenvalue weighted by Gasteiger charge is 2.08. The zero-order valence-electron chi connectivity index (χ0n) is 10.2. The lowest BCUT2D eigenvalue weighted by molar-refractivity contribution is 0.304. The summed E-state index contributed by atoms with van der Waals surface area (Å²) in [6, 6.07) is 12.4. The Kier molecular flexibility index (Phi) is 4.20. The van der Waals surface area contributed by atoms with Gasteiger partial charge in [-0.05, 0) is 30.3 Å². The standard InChI is InChI=1S/C15H8ClFN2O/c16-13-3-1-11(8-19)15(6-13)20-9-12-5-14(17)4-2-10(12)7-18/h1-6H,9H2. The normalized spacial score (nSPS) is 9.60. The number of benzene rings is 2. The Morgan fingerprint density at radius 1 is 1.05 bits per heavy atom. The predicted octanol–water partition coefficient (Wildman–Crippen LogP) is 3.80. The summed E-state index contributed by atoms with van der Waals surface area (Å²) in [6.07, 6.45) is 0. The lowest BCUT2D eigenvalue weighted by Gasteiger charge is -2.09. The molecule has 5 heteroatoms. The number of halogens is 2. The van der Waals surface area contributed by atoms with Gasteiger partial charge in [0.25, 0.3) is 0 Å². The first kappa shape index (κ1) is 13.9. The van der Waals surface area contributed by atoms with Crippen molar-refractivity contribution in [3.8, 4) is 17.9 Å². The summed E-state index contributed by atoms with van der Waals surface area (Å²) < 4.78 is 18.6. The third-order valence-electron chi connectivity index (χ3n) is 2.64. The van der Waals surface area contributed by atoms with Crippen molar-refractivity contribution in [2.24, 2.45) is 0 Å². The first-order valence-corrected chi connectivity index (χ1v) is 6.03. The van der Waals surface area contributed by atoms with E-state index in [0.29, 0.717) is 27.5 Å². The molecule has 3 nitrogen and oxygen atoms in total. The van der Waals surface area contributed by atoms with Gasteiger partial charge in [0.2, 0.25) is 0 Å². The molecule has 2 rings (SSSR count). The third kappa shape index (κ3) is 3.06. The second-order valence-corrected chi connectivity index (χ2v) is 4.39. The van der Waals surface area contributed by atoms with Crippen LogP contribution in [0.2, 0.25) is 5.02 Å². The van der Waals surface area contributed by atoms with Gasteiger partial charge in [-0.15, -0.1) is 0 Å². The molecule has 20 heavy (non-hydrogen) atoms. The molecule has 98 valence electrons. The maximum atomic E-state index is 13.2. The van der Waals surface area contributed by atoms with Crippen LogP contribution in [-0.2, 0) is 6.61 Å². The van der Waals surface area contributed by atoms with Crippen LogP contribution in [0, 0.1) is 28.5 Å². The van der Waals surface area contributed by atoms with Crippen LogP contribution < -0.4 is 4.74 Å². The van der Waals surface area contributed by atoms with E-state index in [0.717, 1.165) is 0 Å². The largest absolute Gasteiger partial charge is 0.487 e. The summed E-state index contributed by atoms with van der Waals surface area (Å²) >= 11 is 5.84. The molecule has 0 saturated heterocycles. The van der Waals surface area contributed by atoms with Gasteiger partial charge < -0.3 is 4.74 Å². The average molecular weight is 287 g/mol. The summed E-state index contributed by atoms with van der Waals surface area (Å²) in [6.45, 7) is -0.0182. The minimum atomic E-state index is -0.450. The van der Waals surface area contributed by atoms with Gasteiger partial charge >= 0.3 is 0 Å². The van der Waals surface area contributed by atoms with Crippen molar-refractivity contribution >= 4 is 11.6 Å². The molecule has 2 aromatic carbocycles. The summed E-state index contributed by atoms with van der Waals surface area (Å²) in [5, 5.41) is 18.3. The molecule has 0 atom stereocenters. The maximum absolute atomic E-state index is 13.2. The smallest absolute Gasteiger partial charge is 0.139 e. The number of rotatable bonds is 3. The Hall–Kier alpha value is -2.56. The van der Waals surface area contributed by atoms with Crippen molar-refractivity contribution in [2.75, 3.05) is 0 Å². The van der Waals surface area contributed by atoms with Gasteiger partial charge in [-0.2, -0.15) is 10.5 Å². The second kappa shape index (κ2) is 6.06. The molecule has 0 radical (unpaired) electrons. The molecule has 0 saturated carbocycles. The SMILES string of the molecule is N#Cc1ccc(F)cc1COc1cc(Cl)ccc1C#N. The minimum Gasteiger partial charge on any atom is -0.487 e. The van der Waals surface area contributed by atoms with Crippen molar-refractivity contribution in [2.45, 2.75) is 6.61 Å². The third-order valence-corrected chi connectivity index (χ3v) is 2.87. The first-order chi connectivity index (χ1) is 9.63. The number of ether oxygens (including phenoxy) is 1. The molecule has 2 aromatic rings. The monoisotopic (exact) mass is 286 g/mol. The minimum absolute atomic E-state index is 0.0182. The average Bonchev–Trinajstić information content (AvgIpc) is 2.45. The molecule has 0 amide bonds. The van der Waals surface area contributed by atoms with Crippen molar-refractivity contribution in [3.05, 3.63) is 63.9 Å². The number of hydrogen-bond donors (Lipinski definition) is 0. The van der Waals surface area contributed by atoms with E-state index in [2.05, 4.69) is 0 Å². The Labute approximate surface area is 120 Å². The van der Waals surface area contributed by atoms with Crippen LogP contribution in [0.25, 0.3) is 0 Å². The summed E-state index contributed by atoms with van der Waals surface area (Å²) in [5.41, 5.74) is 1.06. The highest BCUT2D eigenvalue weighted by atomic mass is 35.5. The van der Waals surface area contributed by atoms with Crippen LogP contribution in [0.5, 0.6) is 5.75 Å². The molecule has 0 aromatic heterocycles. The van der Waals surface area contributed by atoms with E-state index in [-0.39, 0.29) is 6.61 Å². The molecule has 0 aliphatic rings. The van der Waals surface area contributed by atoms with Crippen LogP contribution in [0.4, 0.5) is 4.39 Å². The fraction of sp³-hybridized carbons (Fsp3) is 0.0667. The summed E-state index contributed by atoms with van der Waals surface area (Å²) in [5.74, 6) is -0.151. The molecular weight excluding hydrogens is 279 g/mol. The fourth-order valence-electron chi connectivity index (χ4n) is 1.65. The molecule has 0 aliphatic heterocycles. The molecule has 0 fully saturated rings. The lowest BCUT2D eigenvalue weighted by atomic mass is 10.1. The van der Waals surface area contributed by atoms with E-state index in [1.165, 1.54) is 30.3 Å². The highest BCUT2D eigenvalue weighted by Crippen LogP contribution is 2.24. The van der Waals surface area contributed by atoms with E-state index in [9.17, 15) is 4.39 Å². The van der Waals surface area contributed by atoms with Gasteiger partial charge in [0.05, 0.1) is 17.2 Å². The molecule has 0 N–H and O–H groups in total. The Balaban J connectivity index is 2.26. The van der Waals surface area contributed by atoms with Gasteiger partial charge in [-0.1, -0.05) is 11.6 Å². The van der Waals surface area contributed by atoms with Gasteiger partial charge in [-0.3, -0.25) is 0 Å². The quantitative estimate of drug-likeness (QED) is 0.862. The van der Waals surface area contributed by atoms with E-state index < -0.39 is 5.82 Å². The molecule has 0 spiro atoms. The summed E-state index contributed by atoms with van der Waals surface area (Å²) in [7, 11) is 0. The number of hydrogen-bond acceptors (Lipinski definition) is 3. The molecule has 0 unspecified atom stereocenters. The van der Waals surface area contributed by atoms with Crippen molar-refractivity contribution in [3.63, 3.8) is 0 Å². The molecule has 0 bridgehead atoms. The molecule has 0 aliphatic carbocycles. The topological polar surface area (TPSA) is 56.8 Å². The van der Waals surface area contributed by atoms with Gasteiger partial charge in [0.1, 0.15) is 24.2 Å². The Bertz CT molecular complexity index is 668. The zero-order chi connectivity index (χ0) is 14.5. The fourth-order valence-corrected chi connectivity index (χ4v) is 1.82. The summed E-state index contributed by atoms with van der Waals surface area (Å²) in [4.78, 5) is 0. The van der Waals surface area contributed by atoms with Crippen LogP contribution >= 0.6 is 11.6 Å². The van der Waals surface area contributed by atoms with Gasteiger partial charge in [0, 0.05) is 16.7 Å². The van der Waals surface area contributed by atoms with Crippen molar-refractivity contribution < 1.29 is 9.13 Å². The maximum Gasteiger partial charge on any atom is 0.139 e. The van der Waals surface area contributed by atoms with Crippen molar-refractivity contribution in [1.29, 1.82) is 10.5 Å². The first-order valence-electron chi connectivity index (χ1n) is 5.65. The van der Waals surface area contributed by atoms with Gasteiger partial charge in [0.15, 0.2) is 0 Å². The van der Waals surface area contributed by atoms with Crippen LogP contribution in [-0.4, -0.2) is 0 Å². The van der Waals surface area contributed by atoms with Crippen LogP contribution in [0.3, 0.4) is 0 Å². The van der Waals surface area contributed by atoms with Crippen LogP contribution in [0.15, 0.2) is 36.4 Å². The number of nitrogens with zero attached hydrogens (tertiary/aromatic N) is 2. The van der Waals surface area contributed by atoms with Crippen LogP contribution in [0.1, 0.15) is 16.7 Å².